The molecule has 0 radical (unpaired) electrons. The lowest BCUT2D eigenvalue weighted by Crippen LogP contribution is -2.52. The summed E-state index contributed by atoms with van der Waals surface area (Å²) in [6.07, 6.45) is 1.74. The number of benzene rings is 1. The smallest absolute Gasteiger partial charge is 0.241 e. The predicted molar refractivity (Wildman–Crippen MR) is 97.7 cm³/mol. The summed E-state index contributed by atoms with van der Waals surface area (Å²) >= 11 is 0. The Morgan fingerprint density at radius 1 is 1.28 bits per heavy atom. The molecule has 6 nitrogen and oxygen atoms in total. The summed E-state index contributed by atoms with van der Waals surface area (Å²) in [6.45, 7) is 8.24. The van der Waals surface area contributed by atoms with Gasteiger partial charge in [-0.3, -0.25) is 14.5 Å². The first-order valence-electron chi connectivity index (χ1n) is 9.05. The molecule has 2 amide bonds. The Balaban J connectivity index is 1.65. The van der Waals surface area contributed by atoms with Crippen molar-refractivity contribution in [2.24, 2.45) is 0 Å². The number of hydrogen-bond donors (Lipinski definition) is 1. The van der Waals surface area contributed by atoms with E-state index < -0.39 is 0 Å². The lowest BCUT2D eigenvalue weighted by molar-refractivity contribution is -0.126. The van der Waals surface area contributed by atoms with Crippen LogP contribution in [0.4, 0.5) is 11.4 Å². The minimum absolute atomic E-state index is 0.0359. The maximum atomic E-state index is 12.6. The Bertz CT molecular complexity index is 639. The Morgan fingerprint density at radius 2 is 2.00 bits per heavy atom. The van der Waals surface area contributed by atoms with Crippen molar-refractivity contribution in [1.29, 1.82) is 0 Å². The van der Waals surface area contributed by atoms with Crippen LogP contribution in [0.3, 0.4) is 0 Å². The molecule has 0 bridgehead atoms. The summed E-state index contributed by atoms with van der Waals surface area (Å²) in [5.74, 6) is 0.110. The van der Waals surface area contributed by atoms with Gasteiger partial charge in [-0.25, -0.2) is 0 Å². The highest BCUT2D eigenvalue weighted by atomic mass is 16.5. The van der Waals surface area contributed by atoms with E-state index in [0.717, 1.165) is 37.4 Å². The number of carbonyl (C=O) groups excluding carboxylic acids is 2. The number of nitrogens with zero attached hydrogens (tertiary/aromatic N) is 2. The van der Waals surface area contributed by atoms with Gasteiger partial charge in [-0.1, -0.05) is 6.07 Å². The van der Waals surface area contributed by atoms with Gasteiger partial charge in [-0.05, 0) is 45.4 Å². The molecule has 2 aliphatic rings. The quantitative estimate of drug-likeness (QED) is 0.909. The maximum absolute atomic E-state index is 12.6. The molecule has 3 atom stereocenters. The second kappa shape index (κ2) is 7.54. The number of amides is 2. The number of morpholine rings is 1. The SMILES string of the molecule is CC1CN(C(C)C(=O)Nc2cccc(N3CCCC3=O)c2)CC(C)O1. The van der Waals surface area contributed by atoms with Gasteiger partial charge in [0.15, 0.2) is 0 Å². The molecule has 0 aromatic heterocycles. The van der Waals surface area contributed by atoms with Crippen molar-refractivity contribution in [2.75, 3.05) is 29.9 Å². The van der Waals surface area contributed by atoms with Crippen LogP contribution < -0.4 is 10.2 Å². The lowest BCUT2D eigenvalue weighted by Gasteiger charge is -2.38. The van der Waals surface area contributed by atoms with Crippen LogP contribution in [-0.4, -0.2) is 54.6 Å². The third-order valence-electron chi connectivity index (χ3n) is 4.87. The molecule has 2 fully saturated rings. The molecule has 1 N–H and O–H groups in total. The Labute approximate surface area is 149 Å². The van der Waals surface area contributed by atoms with Crippen LogP contribution in [0.1, 0.15) is 33.6 Å². The molecule has 2 heterocycles. The van der Waals surface area contributed by atoms with E-state index in [0.29, 0.717) is 6.42 Å². The van der Waals surface area contributed by atoms with Crippen molar-refractivity contribution in [3.8, 4) is 0 Å². The molecule has 3 unspecified atom stereocenters. The van der Waals surface area contributed by atoms with E-state index in [1.165, 1.54) is 0 Å². The van der Waals surface area contributed by atoms with E-state index in [1.54, 1.807) is 4.90 Å². The van der Waals surface area contributed by atoms with E-state index in [1.807, 2.05) is 45.0 Å². The van der Waals surface area contributed by atoms with Crippen molar-refractivity contribution in [3.05, 3.63) is 24.3 Å². The first-order valence-corrected chi connectivity index (χ1v) is 9.05. The van der Waals surface area contributed by atoms with Gasteiger partial charge in [0, 0.05) is 37.4 Å². The highest BCUT2D eigenvalue weighted by molar-refractivity contribution is 5.98. The molecule has 2 saturated heterocycles. The van der Waals surface area contributed by atoms with E-state index in [-0.39, 0.29) is 30.1 Å². The van der Waals surface area contributed by atoms with Crippen molar-refractivity contribution in [1.82, 2.24) is 4.90 Å². The van der Waals surface area contributed by atoms with Gasteiger partial charge in [0.1, 0.15) is 0 Å². The molecule has 136 valence electrons. The molecule has 0 spiro atoms. The third-order valence-corrected chi connectivity index (χ3v) is 4.87. The Hall–Kier alpha value is -1.92. The topological polar surface area (TPSA) is 61.9 Å². The van der Waals surface area contributed by atoms with Gasteiger partial charge >= 0.3 is 0 Å². The zero-order valence-electron chi connectivity index (χ0n) is 15.2. The number of hydrogen-bond acceptors (Lipinski definition) is 4. The minimum atomic E-state index is -0.231. The summed E-state index contributed by atoms with van der Waals surface area (Å²) < 4.78 is 5.74. The summed E-state index contributed by atoms with van der Waals surface area (Å²) in [5.41, 5.74) is 1.57. The van der Waals surface area contributed by atoms with Crippen LogP contribution in [0.2, 0.25) is 0 Å². The minimum Gasteiger partial charge on any atom is -0.373 e. The first kappa shape index (κ1) is 17.9. The van der Waals surface area contributed by atoms with Gasteiger partial charge in [-0.15, -0.1) is 0 Å². The van der Waals surface area contributed by atoms with Crippen molar-refractivity contribution >= 4 is 23.2 Å². The average molecular weight is 345 g/mol. The molecular weight excluding hydrogens is 318 g/mol. The molecule has 1 aromatic rings. The second-order valence-electron chi connectivity index (χ2n) is 7.08. The first-order chi connectivity index (χ1) is 11.9. The van der Waals surface area contributed by atoms with Crippen LogP contribution in [0.25, 0.3) is 0 Å². The van der Waals surface area contributed by atoms with Crippen LogP contribution in [-0.2, 0) is 14.3 Å². The molecule has 6 heteroatoms. The lowest BCUT2D eigenvalue weighted by atomic mass is 10.1. The molecule has 2 aliphatic heterocycles. The Kier molecular flexibility index (Phi) is 5.39. The average Bonchev–Trinajstić information content (AvgIpc) is 2.99. The van der Waals surface area contributed by atoms with Crippen LogP contribution in [0.15, 0.2) is 24.3 Å². The highest BCUT2D eigenvalue weighted by Gasteiger charge is 2.29. The fourth-order valence-electron chi connectivity index (χ4n) is 3.62. The molecule has 3 rings (SSSR count). The summed E-state index contributed by atoms with van der Waals surface area (Å²) in [7, 11) is 0. The van der Waals surface area contributed by atoms with Crippen molar-refractivity contribution < 1.29 is 14.3 Å². The van der Waals surface area contributed by atoms with Gasteiger partial charge in [0.25, 0.3) is 0 Å². The largest absolute Gasteiger partial charge is 0.373 e. The molecule has 25 heavy (non-hydrogen) atoms. The second-order valence-corrected chi connectivity index (χ2v) is 7.08. The van der Waals surface area contributed by atoms with Gasteiger partial charge in [-0.2, -0.15) is 0 Å². The zero-order valence-corrected chi connectivity index (χ0v) is 15.2. The van der Waals surface area contributed by atoms with Crippen LogP contribution >= 0.6 is 0 Å². The third kappa shape index (κ3) is 4.19. The maximum Gasteiger partial charge on any atom is 0.241 e. The van der Waals surface area contributed by atoms with Crippen molar-refractivity contribution in [3.63, 3.8) is 0 Å². The zero-order chi connectivity index (χ0) is 18.0. The predicted octanol–water partition coefficient (Wildman–Crippen LogP) is 2.25. The fraction of sp³-hybridized carbons (Fsp3) is 0.579. The van der Waals surface area contributed by atoms with Gasteiger partial charge < -0.3 is 15.0 Å². The van der Waals surface area contributed by atoms with Crippen molar-refractivity contribution in [2.45, 2.75) is 51.9 Å². The summed E-state index contributed by atoms with van der Waals surface area (Å²) in [6, 6.07) is 7.29. The van der Waals surface area contributed by atoms with Crippen LogP contribution in [0, 0.1) is 0 Å². The molecule has 1 aromatic carbocycles. The fourth-order valence-corrected chi connectivity index (χ4v) is 3.62. The van der Waals surface area contributed by atoms with E-state index >= 15 is 0 Å². The number of anilines is 2. The number of carbonyl (C=O) groups is 2. The van der Waals surface area contributed by atoms with E-state index in [4.69, 9.17) is 4.74 Å². The normalized spacial score (nSPS) is 25.9. The van der Waals surface area contributed by atoms with E-state index in [2.05, 4.69) is 10.2 Å². The number of ether oxygens (including phenoxy) is 1. The highest BCUT2D eigenvalue weighted by Crippen LogP contribution is 2.24. The summed E-state index contributed by atoms with van der Waals surface area (Å²) in [4.78, 5) is 28.5. The van der Waals surface area contributed by atoms with Gasteiger partial charge in [0.05, 0.1) is 18.2 Å². The number of rotatable bonds is 4. The number of nitrogens with one attached hydrogen (secondary N) is 1. The Morgan fingerprint density at radius 3 is 2.64 bits per heavy atom. The van der Waals surface area contributed by atoms with Gasteiger partial charge in [0.2, 0.25) is 11.8 Å². The van der Waals surface area contributed by atoms with E-state index in [9.17, 15) is 9.59 Å². The summed E-state index contributed by atoms with van der Waals surface area (Å²) in [5, 5.41) is 2.99. The molecular formula is C19H27N3O3. The monoisotopic (exact) mass is 345 g/mol. The van der Waals surface area contributed by atoms with Crippen LogP contribution in [0.5, 0.6) is 0 Å². The molecule has 0 saturated carbocycles. The standard InChI is InChI=1S/C19H27N3O3/c1-13-11-21(12-14(2)25-13)15(3)19(24)20-16-6-4-7-17(10-16)22-9-5-8-18(22)23/h4,6-7,10,13-15H,5,8-9,11-12H2,1-3H3,(H,20,24). The molecule has 0 aliphatic carbocycles.